The van der Waals surface area contributed by atoms with Gasteiger partial charge in [0.15, 0.2) is 4.91 Å². The van der Waals surface area contributed by atoms with E-state index in [1.165, 1.54) is 23.9 Å². The zero-order chi connectivity index (χ0) is 23.8. The van der Waals surface area contributed by atoms with E-state index in [0.29, 0.717) is 15.8 Å². The highest BCUT2D eigenvalue weighted by molar-refractivity contribution is 8.04. The van der Waals surface area contributed by atoms with Crippen LogP contribution in [0, 0.1) is 11.3 Å². The number of hydrogen-bond acceptors (Lipinski definition) is 5. The molecule has 3 aromatic rings. The van der Waals surface area contributed by atoms with E-state index in [4.69, 9.17) is 11.6 Å². The fourth-order valence-corrected chi connectivity index (χ4v) is 6.13. The number of anilines is 1. The third-order valence-electron chi connectivity index (χ3n) is 5.14. The van der Waals surface area contributed by atoms with E-state index < -0.39 is 9.84 Å². The zero-order valence-corrected chi connectivity index (χ0v) is 20.9. The first-order valence-corrected chi connectivity index (χ1v) is 13.4. The Balaban J connectivity index is 2.13. The molecule has 0 spiro atoms. The second kappa shape index (κ2) is 11.4. The lowest BCUT2D eigenvalue weighted by Gasteiger charge is -2.19. The van der Waals surface area contributed by atoms with Crippen LogP contribution in [-0.4, -0.2) is 8.42 Å². The highest BCUT2D eigenvalue weighted by Gasteiger charge is 2.26. The molecule has 0 radical (unpaired) electrons. The number of para-hydroxylation sites is 1. The van der Waals surface area contributed by atoms with Crippen LogP contribution >= 0.6 is 23.4 Å². The van der Waals surface area contributed by atoms with Crippen molar-refractivity contribution in [3.8, 4) is 6.07 Å². The molecule has 3 rings (SSSR count). The minimum Gasteiger partial charge on any atom is -0.348 e. The molecule has 4 nitrogen and oxygen atoms in total. The minimum atomic E-state index is -4.01. The maximum atomic E-state index is 13.4. The predicted molar refractivity (Wildman–Crippen MR) is 138 cm³/mol. The Hall–Kier alpha value is -2.72. The Morgan fingerprint density at radius 2 is 1.61 bits per heavy atom. The number of nitrogens with one attached hydrogen (secondary N) is 1. The number of rotatable bonds is 9. The first-order valence-electron chi connectivity index (χ1n) is 10.6. The van der Waals surface area contributed by atoms with Gasteiger partial charge < -0.3 is 5.32 Å². The van der Waals surface area contributed by atoms with Gasteiger partial charge in [0.2, 0.25) is 9.84 Å². The van der Waals surface area contributed by atoms with Crippen molar-refractivity contribution in [1.82, 2.24) is 0 Å². The summed E-state index contributed by atoms with van der Waals surface area (Å²) in [4.78, 5) is -0.211. The van der Waals surface area contributed by atoms with E-state index in [2.05, 4.69) is 5.32 Å². The number of hydrogen-bond donors (Lipinski definition) is 1. The first kappa shape index (κ1) is 24.9. The van der Waals surface area contributed by atoms with Gasteiger partial charge in [-0.25, -0.2) is 8.42 Å². The molecule has 1 N–H and O–H groups in total. The second-order valence-electron chi connectivity index (χ2n) is 7.29. The number of allylic oxidation sites excluding steroid dienone is 1. The van der Waals surface area contributed by atoms with Crippen LogP contribution in [0.2, 0.25) is 5.02 Å². The first-order chi connectivity index (χ1) is 15.9. The molecule has 0 aliphatic rings. The minimum absolute atomic E-state index is 0.0868. The van der Waals surface area contributed by atoms with Crippen molar-refractivity contribution < 1.29 is 8.42 Å². The maximum Gasteiger partial charge on any atom is 0.219 e. The van der Waals surface area contributed by atoms with Crippen molar-refractivity contribution in [3.63, 3.8) is 0 Å². The summed E-state index contributed by atoms with van der Waals surface area (Å²) in [5.74, 6) is 0.453. The average Bonchev–Trinajstić information content (AvgIpc) is 2.83. The lowest BCUT2D eigenvalue weighted by Crippen LogP contribution is -2.12. The SMILES string of the molecule is CCc1cccc(CC)c1NC(SCc1cccc(Cl)c1)=C(C#N)S(=O)(=O)c1ccccc1. The number of halogens is 1. The summed E-state index contributed by atoms with van der Waals surface area (Å²) in [5, 5.41) is 14.2. The maximum absolute atomic E-state index is 13.4. The molecule has 0 saturated heterocycles. The smallest absolute Gasteiger partial charge is 0.219 e. The molecule has 3 aromatic carbocycles. The number of benzene rings is 3. The number of sulfone groups is 1. The summed E-state index contributed by atoms with van der Waals surface area (Å²) in [6.45, 7) is 4.10. The van der Waals surface area contributed by atoms with Gasteiger partial charge in [-0.2, -0.15) is 5.26 Å². The molecule has 7 heteroatoms. The Bertz CT molecular complexity index is 1280. The fraction of sp³-hybridized carbons (Fsp3) is 0.192. The molecule has 0 heterocycles. The lowest BCUT2D eigenvalue weighted by atomic mass is 10.0. The van der Waals surface area contributed by atoms with Crippen LogP contribution in [0.1, 0.15) is 30.5 Å². The van der Waals surface area contributed by atoms with E-state index in [1.807, 2.05) is 56.3 Å². The third kappa shape index (κ3) is 6.00. The molecule has 0 amide bonds. The number of nitrogens with zero attached hydrogens (tertiary/aromatic N) is 1. The van der Waals surface area contributed by atoms with Gasteiger partial charge in [-0.15, -0.1) is 11.8 Å². The molecule has 0 unspecified atom stereocenters. The van der Waals surface area contributed by atoms with Crippen molar-refractivity contribution in [2.24, 2.45) is 0 Å². The van der Waals surface area contributed by atoms with E-state index in [0.717, 1.165) is 35.2 Å². The zero-order valence-electron chi connectivity index (χ0n) is 18.5. The van der Waals surface area contributed by atoms with Gasteiger partial charge in [0.05, 0.1) is 4.90 Å². The van der Waals surface area contributed by atoms with Gasteiger partial charge in [0.25, 0.3) is 0 Å². The molecule has 0 aromatic heterocycles. The summed E-state index contributed by atoms with van der Waals surface area (Å²) in [6.07, 6.45) is 1.55. The standard InChI is InChI=1S/C26H25ClN2O2S2/c1-3-20-11-9-12-21(4-2)25(20)29-26(32-18-19-10-8-13-22(27)16-19)24(17-28)33(30,31)23-14-6-5-7-15-23/h5-16,29H,3-4,18H2,1-2H3. The summed E-state index contributed by atoms with van der Waals surface area (Å²) < 4.78 is 26.8. The van der Waals surface area contributed by atoms with Crippen LogP contribution in [0.5, 0.6) is 0 Å². The highest BCUT2D eigenvalue weighted by Crippen LogP contribution is 2.34. The Morgan fingerprint density at radius 1 is 0.970 bits per heavy atom. The molecular weight excluding hydrogens is 472 g/mol. The van der Waals surface area contributed by atoms with Gasteiger partial charge in [-0.05, 0) is 53.8 Å². The largest absolute Gasteiger partial charge is 0.348 e. The van der Waals surface area contributed by atoms with E-state index in [-0.39, 0.29) is 9.80 Å². The van der Waals surface area contributed by atoms with Gasteiger partial charge in [0, 0.05) is 16.5 Å². The molecule has 170 valence electrons. The highest BCUT2D eigenvalue weighted by atomic mass is 35.5. The van der Waals surface area contributed by atoms with Crippen LogP contribution in [0.3, 0.4) is 0 Å². The molecule has 0 atom stereocenters. The van der Waals surface area contributed by atoms with Gasteiger partial charge in [0.1, 0.15) is 11.1 Å². The number of thioether (sulfide) groups is 1. The van der Waals surface area contributed by atoms with Gasteiger partial charge >= 0.3 is 0 Å². The summed E-state index contributed by atoms with van der Waals surface area (Å²) in [5.41, 5.74) is 3.90. The van der Waals surface area contributed by atoms with Gasteiger partial charge in [-0.3, -0.25) is 0 Å². The molecular formula is C26H25ClN2O2S2. The normalized spacial score (nSPS) is 12.1. The molecule has 0 aliphatic heterocycles. The van der Waals surface area contributed by atoms with Crippen molar-refractivity contribution in [2.75, 3.05) is 5.32 Å². The number of aryl methyl sites for hydroxylation is 2. The summed E-state index contributed by atoms with van der Waals surface area (Å²) in [7, 11) is -4.01. The molecule has 0 aliphatic carbocycles. The Kier molecular flexibility index (Phi) is 8.62. The third-order valence-corrected chi connectivity index (χ3v) is 8.30. The van der Waals surface area contributed by atoms with E-state index in [1.54, 1.807) is 24.3 Å². The molecule has 0 bridgehead atoms. The van der Waals surface area contributed by atoms with Crippen LogP contribution in [0.15, 0.2) is 87.6 Å². The monoisotopic (exact) mass is 496 g/mol. The second-order valence-corrected chi connectivity index (χ2v) is 10.6. The van der Waals surface area contributed by atoms with Crippen molar-refractivity contribution >= 4 is 38.9 Å². The van der Waals surface area contributed by atoms with Crippen molar-refractivity contribution in [3.05, 3.63) is 104 Å². The average molecular weight is 497 g/mol. The molecule has 0 fully saturated rings. The summed E-state index contributed by atoms with van der Waals surface area (Å²) >= 11 is 7.41. The lowest BCUT2D eigenvalue weighted by molar-refractivity contribution is 0.603. The quantitative estimate of drug-likeness (QED) is 0.324. The molecule has 33 heavy (non-hydrogen) atoms. The van der Waals surface area contributed by atoms with Crippen molar-refractivity contribution in [1.29, 1.82) is 5.26 Å². The molecule has 0 saturated carbocycles. The predicted octanol–water partition coefficient (Wildman–Crippen LogP) is 6.98. The Morgan fingerprint density at radius 3 is 2.18 bits per heavy atom. The number of nitriles is 1. The fourth-order valence-electron chi connectivity index (χ4n) is 3.41. The van der Waals surface area contributed by atoms with Crippen LogP contribution in [-0.2, 0) is 28.4 Å². The van der Waals surface area contributed by atoms with Crippen LogP contribution < -0.4 is 5.32 Å². The Labute approximate surface area is 205 Å². The van der Waals surface area contributed by atoms with Crippen molar-refractivity contribution in [2.45, 2.75) is 37.3 Å². The van der Waals surface area contributed by atoms with E-state index >= 15 is 0 Å². The van der Waals surface area contributed by atoms with Crippen LogP contribution in [0.25, 0.3) is 0 Å². The topological polar surface area (TPSA) is 70.0 Å². The summed E-state index contributed by atoms with van der Waals surface area (Å²) in [6, 6.07) is 23.4. The van der Waals surface area contributed by atoms with Gasteiger partial charge in [-0.1, -0.05) is 74.0 Å². The van der Waals surface area contributed by atoms with Crippen LogP contribution in [0.4, 0.5) is 5.69 Å². The van der Waals surface area contributed by atoms with E-state index in [9.17, 15) is 13.7 Å².